The lowest BCUT2D eigenvalue weighted by molar-refractivity contribution is 0.197. The molecule has 0 aliphatic carbocycles. The van der Waals surface area contributed by atoms with Gasteiger partial charge in [-0.1, -0.05) is 6.92 Å². The normalized spacial score (nSPS) is 13.0. The molecule has 0 spiro atoms. The number of carbonyl (C=O) groups is 1. The van der Waals surface area contributed by atoms with Gasteiger partial charge in [0.15, 0.2) is 9.84 Å². The fourth-order valence-corrected chi connectivity index (χ4v) is 3.70. The predicted molar refractivity (Wildman–Crippen MR) is 82.8 cm³/mol. The van der Waals surface area contributed by atoms with E-state index in [0.29, 0.717) is 6.54 Å². The molecule has 0 saturated carbocycles. The van der Waals surface area contributed by atoms with E-state index in [1.165, 1.54) is 4.90 Å². The summed E-state index contributed by atoms with van der Waals surface area (Å²) < 4.78 is 23.1. The third-order valence-electron chi connectivity index (χ3n) is 3.28. The molecule has 1 heterocycles. The van der Waals surface area contributed by atoms with Crippen LogP contribution in [0.2, 0.25) is 0 Å². The van der Waals surface area contributed by atoms with Crippen molar-refractivity contribution in [2.24, 2.45) is 0 Å². The fourth-order valence-electron chi connectivity index (χ4n) is 1.66. The topological polar surface area (TPSA) is 66.5 Å². The van der Waals surface area contributed by atoms with Gasteiger partial charge < -0.3 is 10.2 Å². The van der Waals surface area contributed by atoms with Crippen molar-refractivity contribution in [2.75, 3.05) is 18.6 Å². The van der Waals surface area contributed by atoms with Crippen molar-refractivity contribution < 1.29 is 13.2 Å². The first-order chi connectivity index (χ1) is 9.26. The number of rotatable bonds is 6. The Hall–Kier alpha value is -1.08. The molecule has 0 aliphatic heterocycles. The van der Waals surface area contributed by atoms with Gasteiger partial charge in [-0.05, 0) is 30.9 Å². The quantitative estimate of drug-likeness (QED) is 0.872. The van der Waals surface area contributed by atoms with Crippen molar-refractivity contribution in [1.29, 1.82) is 0 Å². The number of aryl methyl sites for hydroxylation is 1. The number of thiophene rings is 1. The number of urea groups is 1. The molecule has 1 aromatic rings. The molecule has 0 radical (unpaired) electrons. The van der Waals surface area contributed by atoms with Crippen molar-refractivity contribution in [1.82, 2.24) is 10.2 Å². The largest absolute Gasteiger partial charge is 0.333 e. The van der Waals surface area contributed by atoms with Gasteiger partial charge in [-0.2, -0.15) is 0 Å². The second-order valence-electron chi connectivity index (χ2n) is 4.84. The molecule has 1 unspecified atom stereocenters. The summed E-state index contributed by atoms with van der Waals surface area (Å²) in [6.07, 6.45) is 0. The molecule has 5 nitrogen and oxygen atoms in total. The van der Waals surface area contributed by atoms with Crippen LogP contribution in [0.4, 0.5) is 4.79 Å². The molecule has 1 aromatic heterocycles. The molecular formula is C13H22N2O3S2. The number of hydrogen-bond donors (Lipinski definition) is 1. The van der Waals surface area contributed by atoms with Gasteiger partial charge in [0.2, 0.25) is 0 Å². The van der Waals surface area contributed by atoms with Crippen LogP contribution in [0.25, 0.3) is 0 Å². The molecule has 0 fully saturated rings. The molecule has 1 N–H and O–H groups in total. The lowest BCUT2D eigenvalue weighted by Gasteiger charge is -2.24. The number of sulfone groups is 1. The van der Waals surface area contributed by atoms with Gasteiger partial charge in [0.1, 0.15) is 0 Å². The maximum absolute atomic E-state index is 12.0. The standard InChI is InChI=1S/C13H22N2O3S2/c1-5-20(17,18)9-11(3)15(4)13(16)14-8-12-10(2)6-7-19-12/h6-7,11H,5,8-9H2,1-4H3,(H,14,16). The van der Waals surface area contributed by atoms with Crippen LogP contribution in [0.3, 0.4) is 0 Å². The molecule has 0 aromatic carbocycles. The van der Waals surface area contributed by atoms with Crippen molar-refractivity contribution >= 4 is 27.2 Å². The minimum Gasteiger partial charge on any atom is -0.333 e. The summed E-state index contributed by atoms with van der Waals surface area (Å²) >= 11 is 1.60. The lowest BCUT2D eigenvalue weighted by Crippen LogP contribution is -2.45. The third-order valence-corrected chi connectivity index (χ3v) is 6.18. The molecule has 1 rings (SSSR count). The van der Waals surface area contributed by atoms with Gasteiger partial charge in [0.25, 0.3) is 0 Å². The Labute approximate surface area is 124 Å². The summed E-state index contributed by atoms with van der Waals surface area (Å²) in [6.45, 7) is 5.82. The summed E-state index contributed by atoms with van der Waals surface area (Å²) in [5.74, 6) is 0.0899. The van der Waals surface area contributed by atoms with Crippen LogP contribution in [0.1, 0.15) is 24.3 Å². The molecule has 114 valence electrons. The SMILES string of the molecule is CCS(=O)(=O)CC(C)N(C)C(=O)NCc1sccc1C. The van der Waals surface area contributed by atoms with Crippen molar-refractivity contribution in [3.8, 4) is 0 Å². The molecule has 0 aliphatic rings. The van der Waals surface area contributed by atoms with Gasteiger partial charge in [0.05, 0.1) is 12.3 Å². The van der Waals surface area contributed by atoms with E-state index in [4.69, 9.17) is 0 Å². The van der Waals surface area contributed by atoms with E-state index >= 15 is 0 Å². The van der Waals surface area contributed by atoms with Crippen LogP contribution in [-0.2, 0) is 16.4 Å². The zero-order chi connectivity index (χ0) is 15.3. The minimum absolute atomic E-state index is 0.00848. The molecule has 0 bridgehead atoms. The zero-order valence-corrected chi connectivity index (χ0v) is 14.0. The van der Waals surface area contributed by atoms with E-state index in [2.05, 4.69) is 5.32 Å². The highest BCUT2D eigenvalue weighted by Crippen LogP contribution is 2.15. The highest BCUT2D eigenvalue weighted by Gasteiger charge is 2.21. The Balaban J connectivity index is 2.52. The molecule has 1 atom stereocenters. The Bertz CT molecular complexity index is 552. The third kappa shape index (κ3) is 4.79. The summed E-state index contributed by atoms with van der Waals surface area (Å²) in [5, 5.41) is 4.80. The molecular weight excluding hydrogens is 296 g/mol. The van der Waals surface area contributed by atoms with Crippen LogP contribution in [0, 0.1) is 6.92 Å². The second-order valence-corrected chi connectivity index (χ2v) is 8.24. The average molecular weight is 318 g/mol. The van der Waals surface area contributed by atoms with Crippen LogP contribution in [-0.4, -0.2) is 43.9 Å². The van der Waals surface area contributed by atoms with Crippen LogP contribution in [0.5, 0.6) is 0 Å². The van der Waals surface area contributed by atoms with Crippen molar-refractivity contribution in [3.05, 3.63) is 21.9 Å². The molecule has 7 heteroatoms. The molecule has 0 saturated heterocycles. The van der Waals surface area contributed by atoms with E-state index in [1.807, 2.05) is 18.4 Å². The first kappa shape index (κ1) is 17.0. The zero-order valence-electron chi connectivity index (χ0n) is 12.3. The highest BCUT2D eigenvalue weighted by molar-refractivity contribution is 7.91. The van der Waals surface area contributed by atoms with E-state index < -0.39 is 9.84 Å². The first-order valence-corrected chi connectivity index (χ1v) is 9.21. The fraction of sp³-hybridized carbons (Fsp3) is 0.615. The summed E-state index contributed by atoms with van der Waals surface area (Å²) in [7, 11) is -1.46. The van der Waals surface area contributed by atoms with Gasteiger partial charge in [0, 0.05) is 23.7 Å². The summed E-state index contributed by atoms with van der Waals surface area (Å²) in [4.78, 5) is 14.5. The van der Waals surface area contributed by atoms with Crippen molar-refractivity contribution in [3.63, 3.8) is 0 Å². The maximum atomic E-state index is 12.0. The Morgan fingerprint density at radius 1 is 1.50 bits per heavy atom. The first-order valence-electron chi connectivity index (χ1n) is 6.51. The lowest BCUT2D eigenvalue weighted by atomic mass is 10.3. The Kier molecular flexibility index (Phi) is 6.01. The van der Waals surface area contributed by atoms with Crippen LogP contribution in [0.15, 0.2) is 11.4 Å². The Morgan fingerprint density at radius 2 is 2.15 bits per heavy atom. The minimum atomic E-state index is -3.08. The second kappa shape index (κ2) is 7.08. The van der Waals surface area contributed by atoms with Gasteiger partial charge >= 0.3 is 6.03 Å². The predicted octanol–water partition coefficient (Wildman–Crippen LogP) is 2.02. The number of carbonyl (C=O) groups excluding carboxylic acids is 1. The van der Waals surface area contributed by atoms with Gasteiger partial charge in [-0.3, -0.25) is 0 Å². The molecule has 20 heavy (non-hydrogen) atoms. The Morgan fingerprint density at radius 3 is 2.65 bits per heavy atom. The average Bonchev–Trinajstić information content (AvgIpc) is 2.80. The molecule has 2 amide bonds. The summed E-state index contributed by atoms with van der Waals surface area (Å²) in [5.41, 5.74) is 1.15. The number of nitrogens with one attached hydrogen (secondary N) is 1. The van der Waals surface area contributed by atoms with E-state index in [-0.39, 0.29) is 23.6 Å². The number of nitrogens with zero attached hydrogens (tertiary/aromatic N) is 1. The monoisotopic (exact) mass is 318 g/mol. The van der Waals surface area contributed by atoms with Crippen LogP contribution < -0.4 is 5.32 Å². The van der Waals surface area contributed by atoms with Gasteiger partial charge in [-0.15, -0.1) is 11.3 Å². The van der Waals surface area contributed by atoms with Gasteiger partial charge in [-0.25, -0.2) is 13.2 Å². The number of amides is 2. The smallest absolute Gasteiger partial charge is 0.317 e. The van der Waals surface area contributed by atoms with Crippen molar-refractivity contribution in [2.45, 2.75) is 33.4 Å². The maximum Gasteiger partial charge on any atom is 0.317 e. The highest BCUT2D eigenvalue weighted by atomic mass is 32.2. The van der Waals surface area contributed by atoms with Crippen LogP contribution >= 0.6 is 11.3 Å². The van der Waals surface area contributed by atoms with E-state index in [1.54, 1.807) is 32.2 Å². The van der Waals surface area contributed by atoms with E-state index in [9.17, 15) is 13.2 Å². The summed E-state index contributed by atoms with van der Waals surface area (Å²) in [6, 6.07) is 1.41. The number of hydrogen-bond acceptors (Lipinski definition) is 4. The van der Waals surface area contributed by atoms with E-state index in [0.717, 1.165) is 10.4 Å².